The Morgan fingerprint density at radius 3 is 2.59 bits per heavy atom. The van der Waals surface area contributed by atoms with Crippen LogP contribution < -0.4 is 10.5 Å². The number of aromatic nitrogens is 1. The number of rotatable bonds is 2. The third kappa shape index (κ3) is 2.02. The summed E-state index contributed by atoms with van der Waals surface area (Å²) < 4.78 is 11.2. The summed E-state index contributed by atoms with van der Waals surface area (Å²) in [5.74, 6) is 1.03. The minimum absolute atomic E-state index is 0.288. The normalized spacial score (nSPS) is 10.6. The Balaban J connectivity index is 2.69. The molecule has 4 nitrogen and oxygen atoms in total. The van der Waals surface area contributed by atoms with Crippen LogP contribution in [0.25, 0.3) is 11.3 Å². The van der Waals surface area contributed by atoms with E-state index in [2.05, 4.69) is 21.1 Å². The third-order valence-corrected chi connectivity index (χ3v) is 3.69. The van der Waals surface area contributed by atoms with Gasteiger partial charge in [0.25, 0.3) is 0 Å². The molecule has 0 saturated heterocycles. The number of nitrogens with two attached hydrogens (primary N) is 1. The molecule has 0 fully saturated rings. The molecule has 0 aliphatic rings. The van der Waals surface area contributed by atoms with Gasteiger partial charge < -0.3 is 15.0 Å². The summed E-state index contributed by atoms with van der Waals surface area (Å²) in [6.45, 7) is 4.06. The first-order valence-electron chi connectivity index (χ1n) is 5.11. The van der Waals surface area contributed by atoms with E-state index in [1.54, 1.807) is 13.2 Å². The van der Waals surface area contributed by atoms with E-state index in [0.717, 1.165) is 26.9 Å². The summed E-state index contributed by atoms with van der Waals surface area (Å²) in [6.07, 6.45) is 0. The Morgan fingerprint density at radius 2 is 2.06 bits per heavy atom. The minimum atomic E-state index is 0.288. The maximum absolute atomic E-state index is 5.53. The maximum atomic E-state index is 5.53. The Hall–Kier alpha value is -1.49. The fourth-order valence-corrected chi connectivity index (χ4v) is 2.35. The van der Waals surface area contributed by atoms with Crippen LogP contribution in [0.5, 0.6) is 5.75 Å². The first-order chi connectivity index (χ1) is 8.04. The number of nitrogen functional groups attached to an aromatic ring is 1. The molecule has 17 heavy (non-hydrogen) atoms. The molecule has 1 heterocycles. The topological polar surface area (TPSA) is 61.3 Å². The molecule has 2 N–H and O–H groups in total. The number of methoxy groups -OCH3 is 1. The molecule has 1 aromatic heterocycles. The monoisotopic (exact) mass is 296 g/mol. The highest BCUT2D eigenvalue weighted by Gasteiger charge is 2.16. The summed E-state index contributed by atoms with van der Waals surface area (Å²) in [4.78, 5) is 0. The van der Waals surface area contributed by atoms with Crippen LogP contribution in [-0.4, -0.2) is 12.3 Å². The van der Waals surface area contributed by atoms with Gasteiger partial charge in [-0.2, -0.15) is 0 Å². The van der Waals surface area contributed by atoms with Gasteiger partial charge in [0.15, 0.2) is 0 Å². The van der Waals surface area contributed by atoms with Crippen molar-refractivity contribution in [1.29, 1.82) is 0 Å². The van der Waals surface area contributed by atoms with Crippen LogP contribution in [0.3, 0.4) is 0 Å². The molecule has 5 heteroatoms. The Labute approximate surface area is 108 Å². The molecule has 2 aromatic rings. The predicted molar refractivity (Wildman–Crippen MR) is 70.1 cm³/mol. The van der Waals surface area contributed by atoms with Crippen LogP contribution in [0.15, 0.2) is 21.1 Å². The van der Waals surface area contributed by atoms with E-state index in [0.29, 0.717) is 5.69 Å². The van der Waals surface area contributed by atoms with Crippen molar-refractivity contribution in [2.24, 2.45) is 0 Å². The number of hydrogen-bond acceptors (Lipinski definition) is 4. The largest absolute Gasteiger partial charge is 0.495 e. The zero-order chi connectivity index (χ0) is 12.6. The minimum Gasteiger partial charge on any atom is -0.495 e. The predicted octanol–water partition coefficient (Wildman–Crippen LogP) is 3.31. The van der Waals surface area contributed by atoms with Gasteiger partial charge in [0.1, 0.15) is 11.4 Å². The average molecular weight is 297 g/mol. The number of ether oxygens (including phenoxy) is 1. The number of anilines is 1. The lowest BCUT2D eigenvalue weighted by Crippen LogP contribution is -1.94. The van der Waals surface area contributed by atoms with E-state index in [4.69, 9.17) is 15.0 Å². The van der Waals surface area contributed by atoms with Gasteiger partial charge in [-0.3, -0.25) is 0 Å². The highest BCUT2D eigenvalue weighted by molar-refractivity contribution is 9.10. The summed E-state index contributed by atoms with van der Waals surface area (Å²) in [6, 6.07) is 3.69. The third-order valence-electron chi connectivity index (χ3n) is 2.73. The number of halogens is 1. The second-order valence-corrected chi connectivity index (χ2v) is 4.62. The van der Waals surface area contributed by atoms with Gasteiger partial charge in [-0.05, 0) is 47.0 Å². The van der Waals surface area contributed by atoms with Crippen LogP contribution in [0.4, 0.5) is 5.88 Å². The fraction of sp³-hybridized carbons (Fsp3) is 0.250. The second-order valence-electron chi connectivity index (χ2n) is 3.83. The SMILES string of the molecule is COc1c(-c2cc(N)on2)cc(C)c(C)c1Br. The number of hydrogen-bond donors (Lipinski definition) is 1. The first-order valence-corrected chi connectivity index (χ1v) is 5.90. The van der Waals surface area contributed by atoms with Crippen LogP contribution >= 0.6 is 15.9 Å². The standard InChI is InChI=1S/C12H13BrN2O2/c1-6-4-8(9-5-10(14)17-15-9)12(16-3)11(13)7(6)2/h4-5H,14H2,1-3H3. The van der Waals surface area contributed by atoms with Crippen molar-refractivity contribution < 1.29 is 9.26 Å². The molecule has 0 unspecified atom stereocenters. The van der Waals surface area contributed by atoms with E-state index in [9.17, 15) is 0 Å². The first kappa shape index (κ1) is 12.0. The molecule has 0 bridgehead atoms. The average Bonchev–Trinajstić information content (AvgIpc) is 2.72. The van der Waals surface area contributed by atoms with E-state index in [-0.39, 0.29) is 5.88 Å². The smallest absolute Gasteiger partial charge is 0.222 e. The van der Waals surface area contributed by atoms with Crippen molar-refractivity contribution in [3.63, 3.8) is 0 Å². The lowest BCUT2D eigenvalue weighted by atomic mass is 10.0. The van der Waals surface area contributed by atoms with Gasteiger partial charge in [0, 0.05) is 11.6 Å². The number of benzene rings is 1. The van der Waals surface area contributed by atoms with E-state index in [1.807, 2.05) is 19.9 Å². The molecule has 0 aliphatic heterocycles. The highest BCUT2D eigenvalue weighted by Crippen LogP contribution is 2.39. The molecular formula is C12H13BrN2O2. The molecule has 0 amide bonds. The molecule has 1 aromatic carbocycles. The molecule has 0 radical (unpaired) electrons. The van der Waals surface area contributed by atoms with Crippen LogP contribution in [0.1, 0.15) is 11.1 Å². The molecule has 0 spiro atoms. The van der Waals surface area contributed by atoms with Gasteiger partial charge in [-0.25, -0.2) is 0 Å². The number of nitrogens with zero attached hydrogens (tertiary/aromatic N) is 1. The van der Waals surface area contributed by atoms with Crippen molar-refractivity contribution in [3.8, 4) is 17.0 Å². The second kappa shape index (κ2) is 4.41. The molecule has 2 rings (SSSR count). The Bertz CT molecular complexity index is 564. The zero-order valence-electron chi connectivity index (χ0n) is 9.87. The number of aryl methyl sites for hydroxylation is 1. The summed E-state index contributed by atoms with van der Waals surface area (Å²) in [5.41, 5.74) is 9.35. The van der Waals surface area contributed by atoms with Gasteiger partial charge >= 0.3 is 0 Å². The van der Waals surface area contributed by atoms with Crippen molar-refractivity contribution in [2.75, 3.05) is 12.8 Å². The molecular weight excluding hydrogens is 284 g/mol. The van der Waals surface area contributed by atoms with Gasteiger partial charge in [0.05, 0.1) is 11.6 Å². The molecule has 0 atom stereocenters. The van der Waals surface area contributed by atoms with E-state index < -0.39 is 0 Å². The van der Waals surface area contributed by atoms with Gasteiger partial charge in [0.2, 0.25) is 5.88 Å². The highest BCUT2D eigenvalue weighted by atomic mass is 79.9. The van der Waals surface area contributed by atoms with Crippen molar-refractivity contribution in [3.05, 3.63) is 27.7 Å². The van der Waals surface area contributed by atoms with Crippen LogP contribution in [-0.2, 0) is 0 Å². The summed E-state index contributed by atoms with van der Waals surface area (Å²) >= 11 is 3.53. The molecule has 0 saturated carbocycles. The van der Waals surface area contributed by atoms with E-state index >= 15 is 0 Å². The van der Waals surface area contributed by atoms with Crippen molar-refractivity contribution in [1.82, 2.24) is 5.16 Å². The fourth-order valence-electron chi connectivity index (χ4n) is 1.66. The van der Waals surface area contributed by atoms with Crippen molar-refractivity contribution >= 4 is 21.8 Å². The van der Waals surface area contributed by atoms with Crippen molar-refractivity contribution in [2.45, 2.75) is 13.8 Å². The van der Waals surface area contributed by atoms with E-state index in [1.165, 1.54) is 0 Å². The van der Waals surface area contributed by atoms with Crippen LogP contribution in [0.2, 0.25) is 0 Å². The molecule has 90 valence electrons. The zero-order valence-corrected chi connectivity index (χ0v) is 11.5. The summed E-state index contributed by atoms with van der Waals surface area (Å²) in [7, 11) is 1.63. The maximum Gasteiger partial charge on any atom is 0.222 e. The van der Waals surface area contributed by atoms with Gasteiger partial charge in [-0.15, -0.1) is 0 Å². The lowest BCUT2D eigenvalue weighted by Gasteiger charge is -2.13. The van der Waals surface area contributed by atoms with Crippen LogP contribution in [0, 0.1) is 13.8 Å². The lowest BCUT2D eigenvalue weighted by molar-refractivity contribution is 0.411. The Kier molecular flexibility index (Phi) is 3.11. The summed E-state index contributed by atoms with van der Waals surface area (Å²) in [5, 5.41) is 3.91. The van der Waals surface area contributed by atoms with Gasteiger partial charge in [-0.1, -0.05) is 5.16 Å². The molecule has 0 aliphatic carbocycles. The Morgan fingerprint density at radius 1 is 1.35 bits per heavy atom. The quantitative estimate of drug-likeness (QED) is 0.923.